The Kier molecular flexibility index (Phi) is 5.21. The SMILES string of the molecule is CCc1ccccc1CN(C)C1CCCNCC1. The third kappa shape index (κ3) is 3.56. The Hall–Kier alpha value is -0.860. The minimum absolute atomic E-state index is 0.741. The molecular formula is C16H26N2. The van der Waals surface area contributed by atoms with Crippen LogP contribution in [0.15, 0.2) is 24.3 Å². The van der Waals surface area contributed by atoms with E-state index in [-0.39, 0.29) is 0 Å². The molecular weight excluding hydrogens is 220 g/mol. The monoisotopic (exact) mass is 246 g/mol. The maximum atomic E-state index is 3.49. The number of benzene rings is 1. The van der Waals surface area contributed by atoms with Gasteiger partial charge in [0.15, 0.2) is 0 Å². The normalized spacial score (nSPS) is 20.9. The molecule has 0 aromatic heterocycles. The Bertz CT molecular complexity index is 354. The zero-order chi connectivity index (χ0) is 12.8. The summed E-state index contributed by atoms with van der Waals surface area (Å²) in [5, 5.41) is 3.49. The first kappa shape index (κ1) is 13.6. The predicted molar refractivity (Wildman–Crippen MR) is 77.8 cm³/mol. The molecule has 1 aromatic carbocycles. The van der Waals surface area contributed by atoms with Gasteiger partial charge in [0.1, 0.15) is 0 Å². The minimum Gasteiger partial charge on any atom is -0.317 e. The summed E-state index contributed by atoms with van der Waals surface area (Å²) < 4.78 is 0. The maximum absolute atomic E-state index is 3.49. The number of hydrogen-bond acceptors (Lipinski definition) is 2. The molecule has 100 valence electrons. The van der Waals surface area contributed by atoms with Crippen molar-refractivity contribution in [3.63, 3.8) is 0 Å². The number of hydrogen-bond donors (Lipinski definition) is 1. The lowest BCUT2D eigenvalue weighted by Crippen LogP contribution is -2.32. The fourth-order valence-corrected chi connectivity index (χ4v) is 2.90. The van der Waals surface area contributed by atoms with Crippen LogP contribution in [-0.4, -0.2) is 31.1 Å². The second-order valence-electron chi connectivity index (χ2n) is 5.37. The summed E-state index contributed by atoms with van der Waals surface area (Å²) in [5.74, 6) is 0. The highest BCUT2D eigenvalue weighted by Crippen LogP contribution is 2.17. The molecule has 0 bridgehead atoms. The molecule has 18 heavy (non-hydrogen) atoms. The summed E-state index contributed by atoms with van der Waals surface area (Å²) in [6.07, 6.45) is 5.06. The van der Waals surface area contributed by atoms with Gasteiger partial charge in [-0.3, -0.25) is 4.90 Å². The molecule has 2 rings (SSSR count). The smallest absolute Gasteiger partial charge is 0.0236 e. The van der Waals surface area contributed by atoms with E-state index >= 15 is 0 Å². The van der Waals surface area contributed by atoms with Crippen molar-refractivity contribution in [3.05, 3.63) is 35.4 Å². The van der Waals surface area contributed by atoms with E-state index < -0.39 is 0 Å². The van der Waals surface area contributed by atoms with Gasteiger partial charge in [-0.1, -0.05) is 31.2 Å². The van der Waals surface area contributed by atoms with Gasteiger partial charge < -0.3 is 5.32 Å². The van der Waals surface area contributed by atoms with Crippen LogP contribution in [0.4, 0.5) is 0 Å². The summed E-state index contributed by atoms with van der Waals surface area (Å²) in [5.41, 5.74) is 3.00. The van der Waals surface area contributed by atoms with E-state index in [1.54, 1.807) is 0 Å². The van der Waals surface area contributed by atoms with E-state index in [9.17, 15) is 0 Å². The summed E-state index contributed by atoms with van der Waals surface area (Å²) in [4.78, 5) is 2.54. The molecule has 0 radical (unpaired) electrons. The molecule has 0 amide bonds. The molecule has 1 atom stereocenters. The van der Waals surface area contributed by atoms with Crippen LogP contribution in [0.5, 0.6) is 0 Å². The van der Waals surface area contributed by atoms with Gasteiger partial charge in [0.25, 0.3) is 0 Å². The number of rotatable bonds is 4. The van der Waals surface area contributed by atoms with Gasteiger partial charge in [-0.05, 0) is 56.9 Å². The number of nitrogens with one attached hydrogen (secondary N) is 1. The van der Waals surface area contributed by atoms with E-state index in [1.165, 1.54) is 43.5 Å². The molecule has 1 aliphatic rings. The Morgan fingerprint density at radius 3 is 2.72 bits per heavy atom. The third-order valence-corrected chi connectivity index (χ3v) is 4.09. The first-order valence-electron chi connectivity index (χ1n) is 7.29. The highest BCUT2D eigenvalue weighted by atomic mass is 15.1. The molecule has 2 heteroatoms. The van der Waals surface area contributed by atoms with Crippen LogP contribution in [0.2, 0.25) is 0 Å². The van der Waals surface area contributed by atoms with E-state index in [4.69, 9.17) is 0 Å². The molecule has 1 fully saturated rings. The topological polar surface area (TPSA) is 15.3 Å². The van der Waals surface area contributed by atoms with E-state index in [2.05, 4.69) is 48.5 Å². The second kappa shape index (κ2) is 6.91. The Morgan fingerprint density at radius 1 is 1.17 bits per heavy atom. The van der Waals surface area contributed by atoms with Gasteiger partial charge in [0.2, 0.25) is 0 Å². The summed E-state index contributed by atoms with van der Waals surface area (Å²) in [6.45, 7) is 5.70. The van der Waals surface area contributed by atoms with Crippen LogP contribution >= 0.6 is 0 Å². The van der Waals surface area contributed by atoms with Gasteiger partial charge in [0.05, 0.1) is 0 Å². The fourth-order valence-electron chi connectivity index (χ4n) is 2.90. The molecule has 1 N–H and O–H groups in total. The molecule has 0 aliphatic carbocycles. The van der Waals surface area contributed by atoms with Crippen molar-refractivity contribution in [2.75, 3.05) is 20.1 Å². The van der Waals surface area contributed by atoms with E-state index in [0.29, 0.717) is 0 Å². The molecule has 1 heterocycles. The molecule has 1 aliphatic heterocycles. The van der Waals surface area contributed by atoms with E-state index in [1.807, 2.05) is 0 Å². The molecule has 0 saturated carbocycles. The standard InChI is InChI=1S/C16H26N2/c1-3-14-7-4-5-8-15(14)13-18(2)16-9-6-11-17-12-10-16/h4-5,7-8,16-17H,3,6,9-13H2,1-2H3. The summed E-state index contributed by atoms with van der Waals surface area (Å²) >= 11 is 0. The van der Waals surface area contributed by atoms with Crippen LogP contribution < -0.4 is 5.32 Å². The largest absolute Gasteiger partial charge is 0.317 e. The lowest BCUT2D eigenvalue weighted by atomic mass is 10.0. The third-order valence-electron chi connectivity index (χ3n) is 4.09. The lowest BCUT2D eigenvalue weighted by Gasteiger charge is -2.27. The zero-order valence-corrected chi connectivity index (χ0v) is 11.8. The Morgan fingerprint density at radius 2 is 1.94 bits per heavy atom. The Balaban J connectivity index is 1.98. The van der Waals surface area contributed by atoms with Gasteiger partial charge in [-0.2, -0.15) is 0 Å². The van der Waals surface area contributed by atoms with Crippen molar-refractivity contribution in [1.29, 1.82) is 0 Å². The molecule has 0 spiro atoms. The average molecular weight is 246 g/mol. The lowest BCUT2D eigenvalue weighted by molar-refractivity contribution is 0.216. The zero-order valence-electron chi connectivity index (χ0n) is 11.8. The van der Waals surface area contributed by atoms with Crippen molar-refractivity contribution < 1.29 is 0 Å². The summed E-state index contributed by atoms with van der Waals surface area (Å²) in [6, 6.07) is 9.60. The second-order valence-corrected chi connectivity index (χ2v) is 5.37. The number of nitrogens with zero attached hydrogens (tertiary/aromatic N) is 1. The summed E-state index contributed by atoms with van der Waals surface area (Å²) in [7, 11) is 2.28. The van der Waals surface area contributed by atoms with Crippen LogP contribution in [-0.2, 0) is 13.0 Å². The first-order valence-corrected chi connectivity index (χ1v) is 7.29. The maximum Gasteiger partial charge on any atom is 0.0236 e. The highest BCUT2D eigenvalue weighted by Gasteiger charge is 2.17. The highest BCUT2D eigenvalue weighted by molar-refractivity contribution is 5.26. The van der Waals surface area contributed by atoms with Gasteiger partial charge in [0, 0.05) is 12.6 Å². The van der Waals surface area contributed by atoms with Crippen LogP contribution in [0.1, 0.15) is 37.3 Å². The van der Waals surface area contributed by atoms with Crippen molar-refractivity contribution in [1.82, 2.24) is 10.2 Å². The molecule has 2 nitrogen and oxygen atoms in total. The first-order chi connectivity index (χ1) is 8.81. The van der Waals surface area contributed by atoms with E-state index in [0.717, 1.165) is 19.0 Å². The van der Waals surface area contributed by atoms with Crippen LogP contribution in [0.3, 0.4) is 0 Å². The fraction of sp³-hybridized carbons (Fsp3) is 0.625. The average Bonchev–Trinajstić information content (AvgIpc) is 2.68. The van der Waals surface area contributed by atoms with Crippen molar-refractivity contribution in [2.45, 2.75) is 45.2 Å². The Labute approximate surface area is 111 Å². The molecule has 1 unspecified atom stereocenters. The number of aryl methyl sites for hydroxylation is 1. The van der Waals surface area contributed by atoms with Gasteiger partial charge in [-0.25, -0.2) is 0 Å². The van der Waals surface area contributed by atoms with Crippen LogP contribution in [0, 0.1) is 0 Å². The predicted octanol–water partition coefficient (Wildman–Crippen LogP) is 2.82. The van der Waals surface area contributed by atoms with Crippen molar-refractivity contribution in [2.24, 2.45) is 0 Å². The van der Waals surface area contributed by atoms with Crippen LogP contribution in [0.25, 0.3) is 0 Å². The van der Waals surface area contributed by atoms with Gasteiger partial charge >= 0.3 is 0 Å². The quantitative estimate of drug-likeness (QED) is 0.879. The van der Waals surface area contributed by atoms with Crippen molar-refractivity contribution >= 4 is 0 Å². The van der Waals surface area contributed by atoms with Crippen molar-refractivity contribution in [3.8, 4) is 0 Å². The van der Waals surface area contributed by atoms with Gasteiger partial charge in [-0.15, -0.1) is 0 Å². The molecule has 1 saturated heterocycles. The molecule has 1 aromatic rings. The minimum atomic E-state index is 0.741.